The van der Waals surface area contributed by atoms with Gasteiger partial charge in [0.1, 0.15) is 23.3 Å². The third kappa shape index (κ3) is 3.63. The Morgan fingerprint density at radius 3 is 2.68 bits per heavy atom. The molecule has 1 amide bonds. The zero-order valence-corrected chi connectivity index (χ0v) is 15.3. The number of para-hydroxylation sites is 1. The van der Waals surface area contributed by atoms with Gasteiger partial charge in [-0.1, -0.05) is 18.2 Å². The summed E-state index contributed by atoms with van der Waals surface area (Å²) < 4.78 is 7.27. The van der Waals surface area contributed by atoms with Crippen LogP contribution in [0.3, 0.4) is 0 Å². The minimum atomic E-state index is -0.736. The Hall–Kier alpha value is -3.88. The van der Waals surface area contributed by atoms with Gasteiger partial charge in [-0.05, 0) is 18.2 Å². The van der Waals surface area contributed by atoms with Crippen LogP contribution in [0.5, 0.6) is 5.75 Å². The third-order valence-corrected chi connectivity index (χ3v) is 4.35. The number of aromatic nitrogens is 2. The monoisotopic (exact) mass is 381 g/mol. The number of benzene rings is 2. The van der Waals surface area contributed by atoms with Crippen molar-refractivity contribution >= 4 is 17.3 Å². The smallest absolute Gasteiger partial charge is 0.293 e. The number of hydrogen-bond donors (Lipinski definition) is 2. The molecular weight excluding hydrogens is 362 g/mol. The molecule has 3 rings (SSSR count). The molecule has 0 saturated heterocycles. The number of primary amides is 1. The topological polar surface area (TPSA) is 125 Å². The molecule has 0 spiro atoms. The number of rotatable bonds is 7. The van der Waals surface area contributed by atoms with Crippen molar-refractivity contribution in [3.63, 3.8) is 0 Å². The number of nitrogens with one attached hydrogen (secondary N) is 1. The normalized spacial score (nSPS) is 11.6. The van der Waals surface area contributed by atoms with Gasteiger partial charge in [-0.3, -0.25) is 14.9 Å². The van der Waals surface area contributed by atoms with E-state index >= 15 is 0 Å². The van der Waals surface area contributed by atoms with Crippen LogP contribution in [0.1, 0.15) is 27.8 Å². The molecule has 0 aliphatic rings. The number of ether oxygens (including phenoxy) is 1. The molecule has 0 radical (unpaired) electrons. The molecule has 3 aromatic rings. The average molecular weight is 381 g/mol. The van der Waals surface area contributed by atoms with Gasteiger partial charge in [-0.2, -0.15) is 0 Å². The van der Waals surface area contributed by atoms with E-state index in [2.05, 4.69) is 10.3 Å². The maximum absolute atomic E-state index is 11.6. The number of amides is 1. The van der Waals surface area contributed by atoms with Gasteiger partial charge in [0, 0.05) is 36.6 Å². The van der Waals surface area contributed by atoms with Crippen molar-refractivity contribution in [1.29, 1.82) is 0 Å². The first-order chi connectivity index (χ1) is 13.4. The fraction of sp³-hybridized carbons (Fsp3) is 0.158. The van der Waals surface area contributed by atoms with Crippen LogP contribution in [0, 0.1) is 10.1 Å². The Morgan fingerprint density at radius 1 is 1.32 bits per heavy atom. The molecule has 0 saturated carbocycles. The highest BCUT2D eigenvalue weighted by Crippen LogP contribution is 2.35. The molecule has 0 unspecified atom stereocenters. The van der Waals surface area contributed by atoms with Crippen LogP contribution in [-0.2, 0) is 7.05 Å². The highest BCUT2D eigenvalue weighted by molar-refractivity contribution is 5.94. The molecule has 0 aliphatic carbocycles. The summed E-state index contributed by atoms with van der Waals surface area (Å²) in [4.78, 5) is 26.8. The van der Waals surface area contributed by atoms with Crippen molar-refractivity contribution in [2.75, 3.05) is 12.4 Å². The Labute approximate surface area is 160 Å². The minimum Gasteiger partial charge on any atom is -0.496 e. The van der Waals surface area contributed by atoms with E-state index in [-0.39, 0.29) is 16.9 Å². The van der Waals surface area contributed by atoms with E-state index in [0.29, 0.717) is 11.6 Å². The highest BCUT2D eigenvalue weighted by atomic mass is 16.6. The molecule has 28 heavy (non-hydrogen) atoms. The minimum absolute atomic E-state index is 0.0584. The summed E-state index contributed by atoms with van der Waals surface area (Å²) in [6, 6.07) is 10.9. The van der Waals surface area contributed by atoms with Crippen molar-refractivity contribution in [3.8, 4) is 5.75 Å². The number of nitro groups is 1. The zero-order chi connectivity index (χ0) is 20.3. The third-order valence-electron chi connectivity index (χ3n) is 4.35. The molecule has 9 heteroatoms. The van der Waals surface area contributed by atoms with Crippen LogP contribution in [0.4, 0.5) is 11.4 Å². The van der Waals surface area contributed by atoms with Gasteiger partial charge in [0.25, 0.3) is 5.69 Å². The van der Waals surface area contributed by atoms with Gasteiger partial charge in [0.05, 0.1) is 12.0 Å². The van der Waals surface area contributed by atoms with Gasteiger partial charge >= 0.3 is 0 Å². The average Bonchev–Trinajstić information content (AvgIpc) is 3.11. The van der Waals surface area contributed by atoms with Crippen molar-refractivity contribution in [2.24, 2.45) is 12.8 Å². The standard InChI is InChI=1S/C19H19N5O4/c1-23-10-9-21-19(23)17(13-5-3-4-6-16(13)28-2)22-14-8-7-12(18(20)25)11-15(14)24(26)27/h3-11,17,22H,1-2H3,(H2,20,25)/t17-/m1/s1. The van der Waals surface area contributed by atoms with Crippen LogP contribution < -0.4 is 15.8 Å². The van der Waals surface area contributed by atoms with Crippen molar-refractivity contribution < 1.29 is 14.5 Å². The lowest BCUT2D eigenvalue weighted by Crippen LogP contribution is -2.19. The largest absolute Gasteiger partial charge is 0.496 e. The molecule has 0 aliphatic heterocycles. The molecule has 144 valence electrons. The Balaban J connectivity index is 2.12. The first kappa shape index (κ1) is 18.9. The quantitative estimate of drug-likeness (QED) is 0.479. The Kier molecular flexibility index (Phi) is 5.25. The number of carbonyl (C=O) groups excluding carboxylic acids is 1. The van der Waals surface area contributed by atoms with E-state index in [1.165, 1.54) is 12.1 Å². The highest BCUT2D eigenvalue weighted by Gasteiger charge is 2.25. The van der Waals surface area contributed by atoms with Gasteiger partial charge < -0.3 is 20.4 Å². The molecule has 3 N–H and O–H groups in total. The summed E-state index contributed by atoms with van der Waals surface area (Å²) in [5, 5.41) is 14.7. The fourth-order valence-electron chi connectivity index (χ4n) is 2.96. The summed E-state index contributed by atoms with van der Waals surface area (Å²) in [6.07, 6.45) is 3.42. The van der Waals surface area contributed by atoms with Crippen molar-refractivity contribution in [3.05, 3.63) is 81.9 Å². The summed E-state index contributed by atoms with van der Waals surface area (Å²) in [6.45, 7) is 0. The fourth-order valence-corrected chi connectivity index (χ4v) is 2.96. The lowest BCUT2D eigenvalue weighted by atomic mass is 10.0. The predicted molar refractivity (Wildman–Crippen MR) is 103 cm³/mol. The van der Waals surface area contributed by atoms with Crippen LogP contribution >= 0.6 is 0 Å². The number of aryl methyl sites for hydroxylation is 1. The van der Waals surface area contributed by atoms with Crippen LogP contribution in [0.2, 0.25) is 0 Å². The summed E-state index contributed by atoms with van der Waals surface area (Å²) in [5.41, 5.74) is 6.04. The summed E-state index contributed by atoms with van der Waals surface area (Å²) in [7, 11) is 3.38. The Bertz CT molecular complexity index is 1030. The number of nitrogens with zero attached hydrogens (tertiary/aromatic N) is 3. The molecule has 1 heterocycles. The molecule has 9 nitrogen and oxygen atoms in total. The first-order valence-electron chi connectivity index (χ1n) is 8.37. The lowest BCUT2D eigenvalue weighted by Gasteiger charge is -2.22. The maximum atomic E-state index is 11.6. The number of anilines is 1. The predicted octanol–water partition coefficient (Wildman–Crippen LogP) is 2.64. The maximum Gasteiger partial charge on any atom is 0.293 e. The SMILES string of the molecule is COc1ccccc1[C@@H](Nc1ccc(C(N)=O)cc1[N+](=O)[O-])c1nccn1C. The second-order valence-electron chi connectivity index (χ2n) is 6.07. The Morgan fingerprint density at radius 2 is 2.07 bits per heavy atom. The van der Waals surface area contributed by atoms with Crippen molar-refractivity contribution in [1.82, 2.24) is 9.55 Å². The van der Waals surface area contributed by atoms with E-state index in [4.69, 9.17) is 10.5 Å². The number of hydrogen-bond acceptors (Lipinski definition) is 6. The number of nitro benzene ring substituents is 1. The first-order valence-corrected chi connectivity index (χ1v) is 8.37. The second-order valence-corrected chi connectivity index (χ2v) is 6.07. The van der Waals surface area contributed by atoms with E-state index in [9.17, 15) is 14.9 Å². The van der Waals surface area contributed by atoms with Gasteiger partial charge in [0.2, 0.25) is 5.91 Å². The number of imidazole rings is 1. The zero-order valence-electron chi connectivity index (χ0n) is 15.3. The van der Waals surface area contributed by atoms with Crippen LogP contribution in [0.15, 0.2) is 54.9 Å². The number of carbonyl (C=O) groups is 1. The van der Waals surface area contributed by atoms with E-state index in [0.717, 1.165) is 11.6 Å². The lowest BCUT2D eigenvalue weighted by molar-refractivity contribution is -0.384. The van der Waals surface area contributed by atoms with Gasteiger partial charge in [-0.25, -0.2) is 4.98 Å². The number of methoxy groups -OCH3 is 1. The molecular formula is C19H19N5O4. The molecule has 1 aromatic heterocycles. The molecule has 2 aromatic carbocycles. The van der Waals surface area contributed by atoms with Gasteiger partial charge in [0.15, 0.2) is 0 Å². The molecule has 1 atom stereocenters. The van der Waals surface area contributed by atoms with E-state index < -0.39 is 16.9 Å². The van der Waals surface area contributed by atoms with Crippen molar-refractivity contribution in [2.45, 2.75) is 6.04 Å². The van der Waals surface area contributed by atoms with Crippen LogP contribution in [0.25, 0.3) is 0 Å². The number of nitrogens with two attached hydrogens (primary N) is 1. The summed E-state index contributed by atoms with van der Waals surface area (Å²) in [5.74, 6) is 0.511. The van der Waals surface area contributed by atoms with E-state index in [1.54, 1.807) is 25.6 Å². The molecule has 0 fully saturated rings. The second kappa shape index (κ2) is 7.78. The van der Waals surface area contributed by atoms with Crippen LogP contribution in [-0.4, -0.2) is 27.5 Å². The molecule has 0 bridgehead atoms. The van der Waals surface area contributed by atoms with E-state index in [1.807, 2.05) is 29.8 Å². The van der Waals surface area contributed by atoms with Gasteiger partial charge in [-0.15, -0.1) is 0 Å². The summed E-state index contributed by atoms with van der Waals surface area (Å²) >= 11 is 0.